The van der Waals surface area contributed by atoms with E-state index in [1.165, 1.54) is 17.5 Å². The summed E-state index contributed by atoms with van der Waals surface area (Å²) in [5, 5.41) is 19.3. The molecular formula is C21H23N5O2. The smallest absolute Gasteiger partial charge is 0.254 e. The van der Waals surface area contributed by atoms with Crippen molar-refractivity contribution in [1.29, 1.82) is 0 Å². The van der Waals surface area contributed by atoms with Gasteiger partial charge in [-0.25, -0.2) is 0 Å². The van der Waals surface area contributed by atoms with E-state index < -0.39 is 6.10 Å². The molecule has 2 aromatic heterocycles. The molecule has 144 valence electrons. The number of carbonyl (C=O) groups excluding carboxylic acids is 1. The van der Waals surface area contributed by atoms with Gasteiger partial charge in [-0.15, -0.1) is 0 Å². The van der Waals surface area contributed by atoms with Gasteiger partial charge < -0.3 is 10.0 Å². The maximum Gasteiger partial charge on any atom is 0.254 e. The van der Waals surface area contributed by atoms with Crippen molar-refractivity contribution < 1.29 is 9.90 Å². The van der Waals surface area contributed by atoms with Crippen LogP contribution in [0.3, 0.4) is 0 Å². The number of aliphatic hydroxyl groups excluding tert-OH is 1. The zero-order valence-electron chi connectivity index (χ0n) is 15.9. The normalized spacial score (nSPS) is 16.7. The van der Waals surface area contributed by atoms with Crippen LogP contribution in [0, 0.1) is 0 Å². The van der Waals surface area contributed by atoms with Gasteiger partial charge in [-0.3, -0.25) is 14.2 Å². The van der Waals surface area contributed by atoms with E-state index in [0.717, 1.165) is 24.1 Å². The second-order valence-corrected chi connectivity index (χ2v) is 7.63. The van der Waals surface area contributed by atoms with Crippen molar-refractivity contribution >= 4 is 5.91 Å². The minimum Gasteiger partial charge on any atom is -0.380 e. The van der Waals surface area contributed by atoms with Gasteiger partial charge in [0, 0.05) is 25.4 Å². The Bertz CT molecular complexity index is 1050. The third kappa shape index (κ3) is 2.82. The molecule has 0 unspecified atom stereocenters. The van der Waals surface area contributed by atoms with Gasteiger partial charge >= 0.3 is 0 Å². The summed E-state index contributed by atoms with van der Waals surface area (Å²) in [6, 6.07) is 9.79. The van der Waals surface area contributed by atoms with Gasteiger partial charge in [-0.1, -0.05) is 6.07 Å². The summed E-state index contributed by atoms with van der Waals surface area (Å²) in [7, 11) is 1.80. The van der Waals surface area contributed by atoms with Crippen LogP contribution in [0.1, 0.15) is 51.1 Å². The fourth-order valence-corrected chi connectivity index (χ4v) is 4.29. The van der Waals surface area contributed by atoms with Crippen LogP contribution in [0.2, 0.25) is 0 Å². The molecule has 7 nitrogen and oxygen atoms in total. The summed E-state index contributed by atoms with van der Waals surface area (Å²) in [6.07, 6.45) is 4.20. The summed E-state index contributed by atoms with van der Waals surface area (Å²) in [4.78, 5) is 14.9. The van der Waals surface area contributed by atoms with Crippen molar-refractivity contribution in [1.82, 2.24) is 24.5 Å². The molecule has 1 atom stereocenters. The van der Waals surface area contributed by atoms with Gasteiger partial charge in [-0.05, 0) is 54.7 Å². The first-order valence-electron chi connectivity index (χ1n) is 9.74. The Kier molecular flexibility index (Phi) is 4.05. The van der Waals surface area contributed by atoms with E-state index in [1.807, 2.05) is 21.7 Å². The van der Waals surface area contributed by atoms with E-state index in [0.29, 0.717) is 31.0 Å². The molecule has 0 spiro atoms. The lowest BCUT2D eigenvalue weighted by atomic mass is 10.1. The summed E-state index contributed by atoms with van der Waals surface area (Å²) < 4.78 is 3.54. The Labute approximate surface area is 163 Å². The Hall–Kier alpha value is -2.93. The molecular weight excluding hydrogens is 354 g/mol. The van der Waals surface area contributed by atoms with Gasteiger partial charge in [0.15, 0.2) is 0 Å². The van der Waals surface area contributed by atoms with Gasteiger partial charge in [0.1, 0.15) is 6.10 Å². The number of hydrogen-bond donors (Lipinski definition) is 1. The number of aliphatic hydroxyl groups is 1. The first-order chi connectivity index (χ1) is 13.6. The first-order valence-corrected chi connectivity index (χ1v) is 9.74. The fourth-order valence-electron chi connectivity index (χ4n) is 4.29. The van der Waals surface area contributed by atoms with E-state index in [2.05, 4.69) is 22.3 Å². The number of hydrogen-bond acceptors (Lipinski definition) is 4. The van der Waals surface area contributed by atoms with E-state index >= 15 is 0 Å². The zero-order chi connectivity index (χ0) is 19.3. The first kappa shape index (κ1) is 17.2. The quantitative estimate of drug-likeness (QED) is 0.756. The number of nitrogens with zero attached hydrogens (tertiary/aromatic N) is 5. The van der Waals surface area contributed by atoms with Crippen LogP contribution in [-0.4, -0.2) is 42.0 Å². The topological polar surface area (TPSA) is 76.2 Å². The molecule has 2 aliphatic rings. The minimum atomic E-state index is -0.827. The maximum absolute atomic E-state index is 13.0. The van der Waals surface area contributed by atoms with E-state index in [-0.39, 0.29) is 5.91 Å². The molecule has 3 aromatic rings. The molecule has 0 saturated carbocycles. The Morgan fingerprint density at radius 1 is 1.14 bits per heavy atom. The van der Waals surface area contributed by atoms with Crippen LogP contribution in [0.5, 0.6) is 0 Å². The average molecular weight is 377 g/mol. The predicted molar refractivity (Wildman–Crippen MR) is 103 cm³/mol. The molecule has 7 heteroatoms. The average Bonchev–Trinajstić information content (AvgIpc) is 3.44. The van der Waals surface area contributed by atoms with Crippen LogP contribution in [-0.2, 0) is 33.0 Å². The molecule has 1 aliphatic carbocycles. The fraction of sp³-hybridized carbons (Fsp3) is 0.381. The lowest BCUT2D eigenvalue weighted by Crippen LogP contribution is -2.38. The van der Waals surface area contributed by atoms with E-state index in [9.17, 15) is 9.90 Å². The second-order valence-electron chi connectivity index (χ2n) is 7.63. The van der Waals surface area contributed by atoms with Crippen molar-refractivity contribution in [3.8, 4) is 0 Å². The number of fused-ring (bicyclic) bond motifs is 2. The highest BCUT2D eigenvalue weighted by molar-refractivity contribution is 5.94. The number of aromatic nitrogens is 4. The molecule has 3 heterocycles. The van der Waals surface area contributed by atoms with Gasteiger partial charge in [0.2, 0.25) is 0 Å². The summed E-state index contributed by atoms with van der Waals surface area (Å²) in [5.41, 5.74) is 5.68. The van der Waals surface area contributed by atoms with Gasteiger partial charge in [0.25, 0.3) is 5.91 Å². The number of benzene rings is 1. The summed E-state index contributed by atoms with van der Waals surface area (Å²) in [6.45, 7) is 1.75. The number of rotatable bonds is 3. The highest BCUT2D eigenvalue weighted by Crippen LogP contribution is 2.26. The van der Waals surface area contributed by atoms with Crippen LogP contribution in [0.25, 0.3) is 0 Å². The molecule has 5 rings (SSSR count). The monoisotopic (exact) mass is 377 g/mol. The van der Waals surface area contributed by atoms with Crippen LogP contribution in [0.4, 0.5) is 0 Å². The Morgan fingerprint density at radius 2 is 2.00 bits per heavy atom. The molecule has 0 radical (unpaired) electrons. The summed E-state index contributed by atoms with van der Waals surface area (Å²) >= 11 is 0. The molecule has 1 aliphatic heterocycles. The minimum absolute atomic E-state index is 0.0656. The molecule has 0 saturated heterocycles. The maximum atomic E-state index is 13.0. The highest BCUT2D eigenvalue weighted by Gasteiger charge is 2.26. The molecule has 1 aromatic carbocycles. The molecule has 0 fully saturated rings. The molecule has 1 amide bonds. The highest BCUT2D eigenvalue weighted by atomic mass is 16.3. The van der Waals surface area contributed by atoms with Crippen molar-refractivity contribution in [2.24, 2.45) is 7.05 Å². The predicted octanol–water partition coefficient (Wildman–Crippen LogP) is 1.84. The molecule has 0 bridgehead atoms. The van der Waals surface area contributed by atoms with Crippen molar-refractivity contribution in [2.45, 2.75) is 38.5 Å². The standard InChI is InChI=1S/C21H23N5O2/c1-24-19(7-8-22-24)20(27)18-12-17-13-25(9-10-26(17)23-18)21(28)16-6-5-14-3-2-4-15(14)11-16/h5-8,11-12,20,27H,2-4,9-10,13H2,1H3/t20-/m0/s1. The van der Waals surface area contributed by atoms with Gasteiger partial charge in [0.05, 0.1) is 30.2 Å². The second kappa shape index (κ2) is 6.60. The molecule has 1 N–H and O–H groups in total. The van der Waals surface area contributed by atoms with Crippen molar-refractivity contribution in [2.75, 3.05) is 6.54 Å². The lowest BCUT2D eigenvalue weighted by molar-refractivity contribution is 0.0705. The largest absolute Gasteiger partial charge is 0.380 e. The number of amides is 1. The van der Waals surface area contributed by atoms with Crippen molar-refractivity contribution in [3.05, 3.63) is 70.3 Å². The molecule has 28 heavy (non-hydrogen) atoms. The number of aryl methyl sites for hydroxylation is 3. The third-order valence-corrected chi connectivity index (χ3v) is 5.87. The Morgan fingerprint density at radius 3 is 2.82 bits per heavy atom. The summed E-state index contributed by atoms with van der Waals surface area (Å²) in [5.74, 6) is 0.0656. The zero-order valence-corrected chi connectivity index (χ0v) is 15.9. The van der Waals surface area contributed by atoms with Crippen LogP contribution >= 0.6 is 0 Å². The van der Waals surface area contributed by atoms with Crippen molar-refractivity contribution in [3.63, 3.8) is 0 Å². The Balaban J connectivity index is 1.36. The van der Waals surface area contributed by atoms with E-state index in [1.54, 1.807) is 24.0 Å². The van der Waals surface area contributed by atoms with Crippen LogP contribution < -0.4 is 0 Å². The van der Waals surface area contributed by atoms with E-state index in [4.69, 9.17) is 0 Å². The number of carbonyl (C=O) groups is 1. The third-order valence-electron chi connectivity index (χ3n) is 5.87. The van der Waals surface area contributed by atoms with Gasteiger partial charge in [-0.2, -0.15) is 10.2 Å². The lowest BCUT2D eigenvalue weighted by Gasteiger charge is -2.28. The van der Waals surface area contributed by atoms with Crippen LogP contribution in [0.15, 0.2) is 36.5 Å². The SMILES string of the molecule is Cn1nccc1[C@@H](O)c1cc2n(n1)CCN(C(=O)c1ccc3c(c1)CCC3)C2.